The van der Waals surface area contributed by atoms with Gasteiger partial charge in [0.25, 0.3) is 0 Å². The third kappa shape index (κ3) is 1.01. The van der Waals surface area contributed by atoms with E-state index in [0.29, 0.717) is 6.04 Å². The summed E-state index contributed by atoms with van der Waals surface area (Å²) in [5, 5.41) is 0. The Morgan fingerprint density at radius 2 is 1.82 bits per heavy atom. The molecule has 0 radical (unpaired) electrons. The summed E-state index contributed by atoms with van der Waals surface area (Å²) in [5.41, 5.74) is 6.01. The molecule has 1 heteroatoms. The summed E-state index contributed by atoms with van der Waals surface area (Å²) in [6, 6.07) is 0.503. The second-order valence-electron chi connectivity index (χ2n) is 4.64. The molecule has 1 nitrogen and oxygen atoms in total. The van der Waals surface area contributed by atoms with Gasteiger partial charge < -0.3 is 5.73 Å². The summed E-state index contributed by atoms with van der Waals surface area (Å²) in [5.74, 6) is 3.80. The lowest BCUT2D eigenvalue weighted by Gasteiger charge is -2.52. The molecule has 0 heterocycles. The first-order valence-electron chi connectivity index (χ1n) is 4.95. The van der Waals surface area contributed by atoms with E-state index in [2.05, 4.69) is 13.8 Å². The lowest BCUT2D eigenvalue weighted by Crippen LogP contribution is -2.49. The van der Waals surface area contributed by atoms with Crippen molar-refractivity contribution in [1.29, 1.82) is 0 Å². The van der Waals surface area contributed by atoms with Crippen LogP contribution in [0.25, 0.3) is 0 Å². The molecule has 2 saturated carbocycles. The van der Waals surface area contributed by atoms with E-state index >= 15 is 0 Å². The summed E-state index contributed by atoms with van der Waals surface area (Å²) >= 11 is 0. The van der Waals surface area contributed by atoms with Gasteiger partial charge >= 0.3 is 0 Å². The minimum atomic E-state index is 0.503. The molecule has 0 spiro atoms. The minimum absolute atomic E-state index is 0.503. The molecular formula is C10H19N. The van der Waals surface area contributed by atoms with Gasteiger partial charge in [0, 0.05) is 6.04 Å². The molecule has 2 aliphatic rings. The van der Waals surface area contributed by atoms with Crippen LogP contribution in [0.4, 0.5) is 0 Å². The van der Waals surface area contributed by atoms with Crippen molar-refractivity contribution < 1.29 is 0 Å². The van der Waals surface area contributed by atoms with Gasteiger partial charge in [0.2, 0.25) is 0 Å². The Morgan fingerprint density at radius 3 is 2.45 bits per heavy atom. The smallest absolute Gasteiger partial charge is 0.00673 e. The molecule has 0 aliphatic heterocycles. The summed E-state index contributed by atoms with van der Waals surface area (Å²) in [7, 11) is 0. The molecule has 2 N–H and O–H groups in total. The second-order valence-corrected chi connectivity index (χ2v) is 4.64. The van der Waals surface area contributed by atoms with Gasteiger partial charge in [0.05, 0.1) is 0 Å². The van der Waals surface area contributed by atoms with Gasteiger partial charge in [-0.3, -0.25) is 0 Å². The van der Waals surface area contributed by atoms with Crippen molar-refractivity contribution in [2.45, 2.75) is 39.2 Å². The van der Waals surface area contributed by atoms with Crippen LogP contribution in [-0.2, 0) is 0 Å². The molecule has 5 atom stereocenters. The number of hydrogen-bond donors (Lipinski definition) is 1. The van der Waals surface area contributed by atoms with E-state index in [4.69, 9.17) is 5.73 Å². The van der Waals surface area contributed by atoms with Crippen LogP contribution in [0.2, 0.25) is 0 Å². The van der Waals surface area contributed by atoms with E-state index in [9.17, 15) is 0 Å². The van der Waals surface area contributed by atoms with Crippen molar-refractivity contribution in [3.05, 3.63) is 0 Å². The lowest BCUT2D eigenvalue weighted by atomic mass is 9.55. The summed E-state index contributed by atoms with van der Waals surface area (Å²) < 4.78 is 0. The molecule has 0 aromatic heterocycles. The van der Waals surface area contributed by atoms with Gasteiger partial charge in [-0.2, -0.15) is 0 Å². The Balaban J connectivity index is 2.01. The van der Waals surface area contributed by atoms with E-state index in [1.807, 2.05) is 0 Å². The van der Waals surface area contributed by atoms with Gasteiger partial charge in [-0.25, -0.2) is 0 Å². The fourth-order valence-electron chi connectivity index (χ4n) is 3.07. The molecule has 2 rings (SSSR count). The standard InChI is InChI=1S/C10H19N/c1-6-5-9-7(2)10(11)4-3-8(6)9/h6-10H,3-5,11H2,1-2H3. The highest BCUT2D eigenvalue weighted by molar-refractivity contribution is 4.96. The Labute approximate surface area is 69.4 Å². The van der Waals surface area contributed by atoms with Crippen molar-refractivity contribution >= 4 is 0 Å². The van der Waals surface area contributed by atoms with E-state index in [0.717, 1.165) is 23.7 Å². The molecule has 0 aromatic carbocycles. The molecule has 2 aliphatic carbocycles. The highest BCUT2D eigenvalue weighted by Crippen LogP contribution is 2.51. The fraction of sp³-hybridized carbons (Fsp3) is 1.00. The van der Waals surface area contributed by atoms with Crippen LogP contribution in [0.1, 0.15) is 33.1 Å². The number of rotatable bonds is 0. The maximum atomic E-state index is 6.01. The normalized spacial score (nSPS) is 56.5. The lowest BCUT2D eigenvalue weighted by molar-refractivity contribution is -0.00916. The van der Waals surface area contributed by atoms with Gasteiger partial charge in [0.15, 0.2) is 0 Å². The average molecular weight is 153 g/mol. The predicted octanol–water partition coefficient (Wildman–Crippen LogP) is 2.02. The Morgan fingerprint density at radius 1 is 1.09 bits per heavy atom. The van der Waals surface area contributed by atoms with Crippen LogP contribution < -0.4 is 5.73 Å². The number of hydrogen-bond acceptors (Lipinski definition) is 1. The zero-order valence-corrected chi connectivity index (χ0v) is 7.59. The van der Waals surface area contributed by atoms with Crippen molar-refractivity contribution in [3.8, 4) is 0 Å². The number of nitrogens with two attached hydrogens (primary N) is 1. The first kappa shape index (κ1) is 7.60. The van der Waals surface area contributed by atoms with Gasteiger partial charge in [0.1, 0.15) is 0 Å². The topological polar surface area (TPSA) is 26.0 Å². The second kappa shape index (κ2) is 2.48. The zero-order chi connectivity index (χ0) is 8.01. The molecule has 5 unspecified atom stereocenters. The average Bonchev–Trinajstić information content (AvgIpc) is 1.96. The van der Waals surface area contributed by atoms with E-state index < -0.39 is 0 Å². The maximum Gasteiger partial charge on any atom is 0.00673 e. The first-order valence-corrected chi connectivity index (χ1v) is 4.95. The van der Waals surface area contributed by atoms with Crippen molar-refractivity contribution in [3.63, 3.8) is 0 Å². The van der Waals surface area contributed by atoms with E-state index in [-0.39, 0.29) is 0 Å². The van der Waals surface area contributed by atoms with Crippen LogP contribution >= 0.6 is 0 Å². The van der Waals surface area contributed by atoms with Crippen LogP contribution in [0.3, 0.4) is 0 Å². The molecule has 64 valence electrons. The zero-order valence-electron chi connectivity index (χ0n) is 7.59. The summed E-state index contributed by atoms with van der Waals surface area (Å²) in [4.78, 5) is 0. The molecule has 0 aromatic rings. The predicted molar refractivity (Wildman–Crippen MR) is 47.1 cm³/mol. The van der Waals surface area contributed by atoms with Gasteiger partial charge in [-0.05, 0) is 42.9 Å². The van der Waals surface area contributed by atoms with E-state index in [1.165, 1.54) is 19.3 Å². The SMILES string of the molecule is CC1CC2C(C)C(N)CCC12. The summed E-state index contributed by atoms with van der Waals surface area (Å²) in [6.45, 7) is 4.73. The molecule has 0 bridgehead atoms. The van der Waals surface area contributed by atoms with Crippen LogP contribution in [-0.4, -0.2) is 6.04 Å². The third-order valence-corrected chi connectivity index (χ3v) is 4.11. The Hall–Kier alpha value is -0.0400. The molecule has 2 fully saturated rings. The minimum Gasteiger partial charge on any atom is -0.327 e. The highest BCUT2D eigenvalue weighted by atomic mass is 14.7. The van der Waals surface area contributed by atoms with Gasteiger partial charge in [-0.15, -0.1) is 0 Å². The molecular weight excluding hydrogens is 134 g/mol. The third-order valence-electron chi connectivity index (χ3n) is 4.11. The fourth-order valence-corrected chi connectivity index (χ4v) is 3.07. The van der Waals surface area contributed by atoms with Crippen LogP contribution in [0, 0.1) is 23.7 Å². The van der Waals surface area contributed by atoms with Crippen molar-refractivity contribution in [2.24, 2.45) is 29.4 Å². The van der Waals surface area contributed by atoms with Crippen molar-refractivity contribution in [2.75, 3.05) is 0 Å². The largest absolute Gasteiger partial charge is 0.327 e. The monoisotopic (exact) mass is 153 g/mol. The highest BCUT2D eigenvalue weighted by Gasteiger charge is 2.45. The molecule has 0 amide bonds. The summed E-state index contributed by atoms with van der Waals surface area (Å²) in [6.07, 6.45) is 4.11. The Bertz CT molecular complexity index is 153. The first-order chi connectivity index (χ1) is 5.20. The maximum absolute atomic E-state index is 6.01. The van der Waals surface area contributed by atoms with Crippen molar-refractivity contribution in [1.82, 2.24) is 0 Å². The van der Waals surface area contributed by atoms with Gasteiger partial charge in [-0.1, -0.05) is 13.8 Å². The van der Waals surface area contributed by atoms with Crippen LogP contribution in [0.5, 0.6) is 0 Å². The quantitative estimate of drug-likeness (QED) is 0.566. The molecule has 11 heavy (non-hydrogen) atoms. The van der Waals surface area contributed by atoms with E-state index in [1.54, 1.807) is 0 Å². The molecule has 0 saturated heterocycles. The Kier molecular flexibility index (Phi) is 1.71. The number of fused-ring (bicyclic) bond motifs is 1. The van der Waals surface area contributed by atoms with Crippen LogP contribution in [0.15, 0.2) is 0 Å².